The van der Waals surface area contributed by atoms with Crippen LogP contribution < -0.4 is 10.6 Å². The van der Waals surface area contributed by atoms with Crippen LogP contribution in [-0.2, 0) is 0 Å². The highest BCUT2D eigenvalue weighted by molar-refractivity contribution is 6.00. The van der Waals surface area contributed by atoms with E-state index in [0.717, 1.165) is 30.3 Å². The smallest absolute Gasteiger partial charge is 0.125 e. The van der Waals surface area contributed by atoms with Gasteiger partial charge in [-0.3, -0.25) is 10.4 Å². The van der Waals surface area contributed by atoms with Crippen LogP contribution in [0, 0.1) is 11.3 Å². The lowest BCUT2D eigenvalue weighted by molar-refractivity contribution is 0.438. The predicted octanol–water partition coefficient (Wildman–Crippen LogP) is 1.60. The zero-order valence-corrected chi connectivity index (χ0v) is 9.61. The SMILES string of the molecule is CC1CCN(c2cnccc2C(=N)N)CC1. The zero-order valence-electron chi connectivity index (χ0n) is 9.61. The highest BCUT2D eigenvalue weighted by atomic mass is 15.1. The molecule has 0 saturated carbocycles. The number of anilines is 1. The third-order valence-corrected chi connectivity index (χ3v) is 3.21. The Morgan fingerprint density at radius 2 is 2.19 bits per heavy atom. The maximum absolute atomic E-state index is 7.56. The Labute approximate surface area is 96.0 Å². The Bertz CT molecular complexity index is 380. The number of amidine groups is 1. The minimum Gasteiger partial charge on any atom is -0.384 e. The van der Waals surface area contributed by atoms with E-state index in [0.29, 0.717) is 0 Å². The highest BCUT2D eigenvalue weighted by Gasteiger charge is 2.18. The van der Waals surface area contributed by atoms with Crippen LogP contribution in [0.15, 0.2) is 18.5 Å². The van der Waals surface area contributed by atoms with Crippen LogP contribution in [0.4, 0.5) is 5.69 Å². The van der Waals surface area contributed by atoms with Crippen molar-refractivity contribution in [3.8, 4) is 0 Å². The fourth-order valence-electron chi connectivity index (χ4n) is 2.12. The van der Waals surface area contributed by atoms with Crippen molar-refractivity contribution < 1.29 is 0 Å². The molecule has 1 aliphatic rings. The van der Waals surface area contributed by atoms with Crippen LogP contribution in [0.2, 0.25) is 0 Å². The highest BCUT2D eigenvalue weighted by Crippen LogP contribution is 2.24. The summed E-state index contributed by atoms with van der Waals surface area (Å²) in [6, 6.07) is 1.82. The van der Waals surface area contributed by atoms with Crippen molar-refractivity contribution >= 4 is 11.5 Å². The Kier molecular flexibility index (Phi) is 3.08. The summed E-state index contributed by atoms with van der Waals surface area (Å²) in [6.45, 7) is 4.35. The molecule has 4 nitrogen and oxygen atoms in total. The minimum absolute atomic E-state index is 0.121. The number of hydrogen-bond donors (Lipinski definition) is 2. The Morgan fingerprint density at radius 3 is 2.81 bits per heavy atom. The summed E-state index contributed by atoms with van der Waals surface area (Å²) >= 11 is 0. The molecule has 0 radical (unpaired) electrons. The molecule has 0 aromatic carbocycles. The Hall–Kier alpha value is -1.58. The fourth-order valence-corrected chi connectivity index (χ4v) is 2.12. The second-order valence-electron chi connectivity index (χ2n) is 4.48. The Morgan fingerprint density at radius 1 is 1.50 bits per heavy atom. The average Bonchev–Trinajstić information content (AvgIpc) is 2.30. The van der Waals surface area contributed by atoms with Crippen LogP contribution in [0.1, 0.15) is 25.3 Å². The van der Waals surface area contributed by atoms with E-state index in [1.165, 1.54) is 12.8 Å². The van der Waals surface area contributed by atoms with Gasteiger partial charge in [-0.05, 0) is 24.8 Å². The summed E-state index contributed by atoms with van der Waals surface area (Å²) in [5.41, 5.74) is 7.38. The molecule has 0 bridgehead atoms. The van der Waals surface area contributed by atoms with Crippen LogP contribution in [-0.4, -0.2) is 23.9 Å². The van der Waals surface area contributed by atoms with E-state index in [2.05, 4.69) is 16.8 Å². The van der Waals surface area contributed by atoms with Gasteiger partial charge in [0, 0.05) is 24.8 Å². The third-order valence-electron chi connectivity index (χ3n) is 3.21. The second-order valence-corrected chi connectivity index (χ2v) is 4.48. The first-order valence-electron chi connectivity index (χ1n) is 5.72. The lowest BCUT2D eigenvalue weighted by Gasteiger charge is -2.32. The summed E-state index contributed by atoms with van der Waals surface area (Å²) in [5.74, 6) is 0.921. The summed E-state index contributed by atoms with van der Waals surface area (Å²) in [4.78, 5) is 6.41. The van der Waals surface area contributed by atoms with Crippen molar-refractivity contribution in [2.75, 3.05) is 18.0 Å². The molecule has 0 unspecified atom stereocenters. The number of pyridine rings is 1. The molecule has 1 saturated heterocycles. The number of nitrogens with two attached hydrogens (primary N) is 1. The first-order chi connectivity index (χ1) is 7.68. The predicted molar refractivity (Wildman–Crippen MR) is 65.9 cm³/mol. The molecule has 0 amide bonds. The quantitative estimate of drug-likeness (QED) is 0.585. The van der Waals surface area contributed by atoms with Gasteiger partial charge >= 0.3 is 0 Å². The number of hydrogen-bond acceptors (Lipinski definition) is 3. The number of piperidine rings is 1. The van der Waals surface area contributed by atoms with E-state index in [1.807, 2.05) is 12.3 Å². The first-order valence-corrected chi connectivity index (χ1v) is 5.72. The molecule has 1 aliphatic heterocycles. The summed E-state index contributed by atoms with van der Waals surface area (Å²) in [6.07, 6.45) is 5.90. The molecule has 0 spiro atoms. The van der Waals surface area contributed by atoms with Crippen LogP contribution in [0.5, 0.6) is 0 Å². The number of rotatable bonds is 2. The molecule has 2 heterocycles. The van der Waals surface area contributed by atoms with Crippen molar-refractivity contribution in [2.45, 2.75) is 19.8 Å². The lowest BCUT2D eigenvalue weighted by Crippen LogP contribution is -2.34. The lowest BCUT2D eigenvalue weighted by atomic mass is 9.98. The molecule has 4 heteroatoms. The zero-order chi connectivity index (χ0) is 11.5. The van der Waals surface area contributed by atoms with Crippen LogP contribution >= 0.6 is 0 Å². The molecule has 3 N–H and O–H groups in total. The van der Waals surface area contributed by atoms with Crippen molar-refractivity contribution in [3.05, 3.63) is 24.0 Å². The van der Waals surface area contributed by atoms with E-state index in [4.69, 9.17) is 11.1 Å². The number of nitrogens with zero attached hydrogens (tertiary/aromatic N) is 2. The molecule has 0 atom stereocenters. The van der Waals surface area contributed by atoms with Gasteiger partial charge in [0.15, 0.2) is 0 Å². The standard InChI is InChI=1S/C12H18N4/c1-9-3-6-16(7-4-9)11-8-15-5-2-10(11)12(13)14/h2,5,8-9H,3-4,6-7H2,1H3,(H3,13,14). The van der Waals surface area contributed by atoms with Gasteiger partial charge in [-0.2, -0.15) is 0 Å². The topological polar surface area (TPSA) is 66.0 Å². The maximum Gasteiger partial charge on any atom is 0.125 e. The summed E-state index contributed by atoms with van der Waals surface area (Å²) in [5, 5.41) is 7.56. The summed E-state index contributed by atoms with van der Waals surface area (Å²) < 4.78 is 0. The molecule has 16 heavy (non-hydrogen) atoms. The van der Waals surface area contributed by atoms with Gasteiger partial charge in [0.2, 0.25) is 0 Å². The van der Waals surface area contributed by atoms with E-state index >= 15 is 0 Å². The van der Waals surface area contributed by atoms with Gasteiger partial charge in [-0.25, -0.2) is 0 Å². The minimum atomic E-state index is 0.121. The molecular weight excluding hydrogens is 200 g/mol. The molecule has 1 aromatic heterocycles. The molecule has 2 rings (SSSR count). The number of nitrogens with one attached hydrogen (secondary N) is 1. The normalized spacial score (nSPS) is 17.4. The van der Waals surface area contributed by atoms with Gasteiger partial charge in [0.05, 0.1) is 11.9 Å². The van der Waals surface area contributed by atoms with Gasteiger partial charge < -0.3 is 10.6 Å². The third kappa shape index (κ3) is 2.15. The molecule has 0 aliphatic carbocycles. The summed E-state index contributed by atoms with van der Waals surface area (Å²) in [7, 11) is 0. The van der Waals surface area contributed by atoms with Gasteiger partial charge in [0.1, 0.15) is 5.84 Å². The number of aromatic nitrogens is 1. The second kappa shape index (κ2) is 4.51. The van der Waals surface area contributed by atoms with Crippen molar-refractivity contribution in [1.29, 1.82) is 5.41 Å². The van der Waals surface area contributed by atoms with Crippen molar-refractivity contribution in [1.82, 2.24) is 4.98 Å². The van der Waals surface area contributed by atoms with Crippen molar-refractivity contribution in [3.63, 3.8) is 0 Å². The van der Waals surface area contributed by atoms with Crippen LogP contribution in [0.25, 0.3) is 0 Å². The molecular formula is C12H18N4. The van der Waals surface area contributed by atoms with E-state index in [-0.39, 0.29) is 5.84 Å². The average molecular weight is 218 g/mol. The largest absolute Gasteiger partial charge is 0.384 e. The first kappa shape index (κ1) is 10.9. The molecule has 1 aromatic rings. The molecule has 86 valence electrons. The van der Waals surface area contributed by atoms with E-state index in [1.54, 1.807) is 6.20 Å². The fraction of sp³-hybridized carbons (Fsp3) is 0.500. The maximum atomic E-state index is 7.56. The monoisotopic (exact) mass is 218 g/mol. The van der Waals surface area contributed by atoms with Gasteiger partial charge in [-0.15, -0.1) is 0 Å². The molecule has 1 fully saturated rings. The van der Waals surface area contributed by atoms with E-state index in [9.17, 15) is 0 Å². The van der Waals surface area contributed by atoms with Crippen LogP contribution in [0.3, 0.4) is 0 Å². The van der Waals surface area contributed by atoms with Crippen molar-refractivity contribution in [2.24, 2.45) is 11.7 Å². The van der Waals surface area contributed by atoms with Gasteiger partial charge in [0.25, 0.3) is 0 Å². The van der Waals surface area contributed by atoms with Gasteiger partial charge in [-0.1, -0.05) is 6.92 Å². The van der Waals surface area contributed by atoms with E-state index < -0.39 is 0 Å². The Balaban J connectivity index is 2.23. The number of nitrogen functional groups attached to an aromatic ring is 1.